The summed E-state index contributed by atoms with van der Waals surface area (Å²) >= 11 is 0. The van der Waals surface area contributed by atoms with Crippen LogP contribution in [0.2, 0.25) is 0 Å². The maximum absolute atomic E-state index is 11.5. The van der Waals surface area contributed by atoms with Gasteiger partial charge in [0.2, 0.25) is 5.91 Å². The second-order valence-electron chi connectivity index (χ2n) is 5.59. The van der Waals surface area contributed by atoms with Crippen LogP contribution < -0.4 is 5.73 Å². The van der Waals surface area contributed by atoms with Crippen LogP contribution in [0, 0.1) is 0 Å². The minimum Gasteiger partial charge on any atom is -0.366 e. The standard InChI is InChI=1S/C18H18N2O/c1-11(2)12-6-8-13(9-7-12)17-10-15-14(18(19)21)4-3-5-16(15)20-17/h3-11,20H,1-2H3,(H2,19,21). The van der Waals surface area contributed by atoms with Crippen molar-refractivity contribution in [1.82, 2.24) is 4.98 Å². The molecule has 0 spiro atoms. The molecule has 0 unspecified atom stereocenters. The molecule has 0 saturated heterocycles. The van der Waals surface area contributed by atoms with Gasteiger partial charge in [0.25, 0.3) is 0 Å². The molecule has 3 heteroatoms. The second-order valence-corrected chi connectivity index (χ2v) is 5.59. The number of carbonyl (C=O) groups excluding carboxylic acids is 1. The normalized spacial score (nSPS) is 11.2. The Labute approximate surface area is 123 Å². The maximum atomic E-state index is 11.5. The third kappa shape index (κ3) is 2.42. The van der Waals surface area contributed by atoms with Crippen molar-refractivity contribution < 1.29 is 4.79 Å². The Morgan fingerprint density at radius 1 is 1.10 bits per heavy atom. The molecule has 0 aliphatic carbocycles. The first-order chi connectivity index (χ1) is 10.1. The van der Waals surface area contributed by atoms with Crippen molar-refractivity contribution in [2.45, 2.75) is 19.8 Å². The number of aromatic nitrogens is 1. The van der Waals surface area contributed by atoms with E-state index in [-0.39, 0.29) is 0 Å². The zero-order chi connectivity index (χ0) is 15.0. The fraction of sp³-hybridized carbons (Fsp3) is 0.167. The summed E-state index contributed by atoms with van der Waals surface area (Å²) in [6.45, 7) is 4.36. The van der Waals surface area contributed by atoms with Crippen molar-refractivity contribution in [1.29, 1.82) is 0 Å². The zero-order valence-corrected chi connectivity index (χ0v) is 12.2. The SMILES string of the molecule is CC(C)c1ccc(-c2cc3c(C(N)=O)cccc3[nH]2)cc1. The molecule has 21 heavy (non-hydrogen) atoms. The summed E-state index contributed by atoms with van der Waals surface area (Å²) < 4.78 is 0. The molecule has 3 nitrogen and oxygen atoms in total. The number of fused-ring (bicyclic) bond motifs is 1. The summed E-state index contributed by atoms with van der Waals surface area (Å²) in [5.41, 5.74) is 10.3. The van der Waals surface area contributed by atoms with Crippen LogP contribution in [0.15, 0.2) is 48.5 Å². The number of nitrogens with one attached hydrogen (secondary N) is 1. The van der Waals surface area contributed by atoms with Gasteiger partial charge in [0.05, 0.1) is 0 Å². The van der Waals surface area contributed by atoms with Gasteiger partial charge >= 0.3 is 0 Å². The van der Waals surface area contributed by atoms with Crippen molar-refractivity contribution in [2.75, 3.05) is 0 Å². The molecule has 0 radical (unpaired) electrons. The van der Waals surface area contributed by atoms with Gasteiger partial charge in [0.1, 0.15) is 0 Å². The molecule has 0 fully saturated rings. The van der Waals surface area contributed by atoms with E-state index in [0.717, 1.165) is 22.2 Å². The molecule has 0 aliphatic rings. The second kappa shape index (κ2) is 5.09. The fourth-order valence-corrected chi connectivity index (χ4v) is 2.57. The number of nitrogens with two attached hydrogens (primary N) is 1. The van der Waals surface area contributed by atoms with Crippen molar-refractivity contribution in [3.8, 4) is 11.3 Å². The lowest BCUT2D eigenvalue weighted by Crippen LogP contribution is -2.10. The molecular formula is C18H18N2O. The number of carbonyl (C=O) groups is 1. The number of benzene rings is 2. The minimum atomic E-state index is -0.402. The predicted octanol–water partition coefficient (Wildman–Crippen LogP) is 4.06. The Bertz CT molecular complexity index is 798. The number of hydrogen-bond acceptors (Lipinski definition) is 1. The number of aromatic amines is 1. The van der Waals surface area contributed by atoms with Gasteiger partial charge in [-0.1, -0.05) is 44.2 Å². The van der Waals surface area contributed by atoms with Crippen LogP contribution in [0.25, 0.3) is 22.2 Å². The summed E-state index contributed by atoms with van der Waals surface area (Å²) in [7, 11) is 0. The van der Waals surface area contributed by atoms with Crippen LogP contribution in [-0.4, -0.2) is 10.9 Å². The van der Waals surface area contributed by atoms with E-state index in [0.29, 0.717) is 11.5 Å². The summed E-state index contributed by atoms with van der Waals surface area (Å²) in [5, 5.41) is 0.868. The number of rotatable bonds is 3. The van der Waals surface area contributed by atoms with Gasteiger partial charge in [0.15, 0.2) is 0 Å². The van der Waals surface area contributed by atoms with E-state index in [1.54, 1.807) is 6.07 Å². The van der Waals surface area contributed by atoms with Gasteiger partial charge in [-0.15, -0.1) is 0 Å². The molecule has 0 aliphatic heterocycles. The van der Waals surface area contributed by atoms with Gasteiger partial charge in [0, 0.05) is 22.2 Å². The van der Waals surface area contributed by atoms with Gasteiger partial charge in [-0.3, -0.25) is 4.79 Å². The fourth-order valence-electron chi connectivity index (χ4n) is 2.57. The van der Waals surface area contributed by atoms with E-state index in [4.69, 9.17) is 5.73 Å². The molecule has 3 N–H and O–H groups in total. The van der Waals surface area contributed by atoms with E-state index in [1.807, 2.05) is 18.2 Å². The topological polar surface area (TPSA) is 58.9 Å². The average molecular weight is 278 g/mol. The van der Waals surface area contributed by atoms with Crippen LogP contribution in [0.1, 0.15) is 35.7 Å². The lowest BCUT2D eigenvalue weighted by Gasteiger charge is -2.05. The Balaban J connectivity index is 2.09. The van der Waals surface area contributed by atoms with Crippen LogP contribution >= 0.6 is 0 Å². The monoisotopic (exact) mass is 278 g/mol. The third-order valence-corrected chi connectivity index (χ3v) is 3.82. The quantitative estimate of drug-likeness (QED) is 0.745. The molecule has 1 heterocycles. The number of amides is 1. The van der Waals surface area contributed by atoms with Gasteiger partial charge in [-0.05, 0) is 35.2 Å². The Kier molecular flexibility index (Phi) is 3.26. The summed E-state index contributed by atoms with van der Waals surface area (Å²) in [5.74, 6) is 0.115. The summed E-state index contributed by atoms with van der Waals surface area (Å²) in [6.07, 6.45) is 0. The van der Waals surface area contributed by atoms with E-state index < -0.39 is 5.91 Å². The van der Waals surface area contributed by atoms with Crippen molar-refractivity contribution in [2.24, 2.45) is 5.73 Å². The molecular weight excluding hydrogens is 260 g/mol. The summed E-state index contributed by atoms with van der Waals surface area (Å²) in [6, 6.07) is 16.0. The lowest BCUT2D eigenvalue weighted by atomic mass is 10.0. The van der Waals surface area contributed by atoms with Crippen LogP contribution in [0.3, 0.4) is 0 Å². The summed E-state index contributed by atoms with van der Waals surface area (Å²) in [4.78, 5) is 14.8. The molecule has 106 valence electrons. The van der Waals surface area contributed by atoms with Crippen molar-refractivity contribution in [3.05, 3.63) is 59.7 Å². The molecule has 3 aromatic rings. The van der Waals surface area contributed by atoms with Crippen LogP contribution in [0.4, 0.5) is 0 Å². The number of H-pyrrole nitrogens is 1. The minimum absolute atomic E-state index is 0.402. The molecule has 2 aromatic carbocycles. The Morgan fingerprint density at radius 3 is 2.43 bits per heavy atom. The number of hydrogen-bond donors (Lipinski definition) is 2. The van der Waals surface area contributed by atoms with Crippen molar-refractivity contribution >= 4 is 16.8 Å². The Morgan fingerprint density at radius 2 is 1.81 bits per heavy atom. The van der Waals surface area contributed by atoms with E-state index in [9.17, 15) is 4.79 Å². The lowest BCUT2D eigenvalue weighted by molar-refractivity contribution is 0.100. The average Bonchev–Trinajstić information content (AvgIpc) is 2.90. The molecule has 0 saturated carbocycles. The Hall–Kier alpha value is -2.55. The van der Waals surface area contributed by atoms with E-state index in [1.165, 1.54) is 5.56 Å². The number of primary amides is 1. The third-order valence-electron chi connectivity index (χ3n) is 3.82. The largest absolute Gasteiger partial charge is 0.366 e. The van der Waals surface area contributed by atoms with E-state index in [2.05, 4.69) is 43.1 Å². The highest BCUT2D eigenvalue weighted by Crippen LogP contribution is 2.27. The first kappa shape index (κ1) is 13.4. The van der Waals surface area contributed by atoms with Gasteiger partial charge in [-0.25, -0.2) is 0 Å². The first-order valence-corrected chi connectivity index (χ1v) is 7.08. The molecule has 3 rings (SSSR count). The predicted molar refractivity (Wildman–Crippen MR) is 86.3 cm³/mol. The molecule has 1 aromatic heterocycles. The molecule has 0 bridgehead atoms. The van der Waals surface area contributed by atoms with Gasteiger partial charge in [-0.2, -0.15) is 0 Å². The van der Waals surface area contributed by atoms with E-state index >= 15 is 0 Å². The molecule has 1 amide bonds. The maximum Gasteiger partial charge on any atom is 0.249 e. The highest BCUT2D eigenvalue weighted by molar-refractivity contribution is 6.06. The molecule has 0 atom stereocenters. The first-order valence-electron chi connectivity index (χ1n) is 7.08. The van der Waals surface area contributed by atoms with Crippen LogP contribution in [0.5, 0.6) is 0 Å². The highest BCUT2D eigenvalue weighted by Gasteiger charge is 2.10. The highest BCUT2D eigenvalue weighted by atomic mass is 16.1. The van der Waals surface area contributed by atoms with Gasteiger partial charge < -0.3 is 10.7 Å². The smallest absolute Gasteiger partial charge is 0.249 e. The van der Waals surface area contributed by atoms with Crippen LogP contribution in [-0.2, 0) is 0 Å². The zero-order valence-electron chi connectivity index (χ0n) is 12.2. The van der Waals surface area contributed by atoms with Crippen molar-refractivity contribution in [3.63, 3.8) is 0 Å².